The molecule has 2 amide bonds. The molecule has 0 fully saturated rings. The summed E-state index contributed by atoms with van der Waals surface area (Å²) < 4.78 is 5.52. The molecule has 0 atom stereocenters. The molecule has 0 aliphatic heterocycles. The first-order chi connectivity index (χ1) is 11.1. The monoisotopic (exact) mass is 312 g/mol. The molecule has 0 aliphatic rings. The summed E-state index contributed by atoms with van der Waals surface area (Å²) in [6, 6.07) is 13.8. The molecule has 0 saturated carbocycles. The first-order valence-corrected chi connectivity index (χ1v) is 7.82. The van der Waals surface area contributed by atoms with Crippen molar-refractivity contribution in [3.63, 3.8) is 0 Å². The zero-order chi connectivity index (χ0) is 16.7. The maximum absolute atomic E-state index is 11.7. The molecule has 122 valence electrons. The van der Waals surface area contributed by atoms with E-state index < -0.39 is 0 Å². The highest BCUT2D eigenvalue weighted by molar-refractivity contribution is 5.73. The van der Waals surface area contributed by atoms with Crippen molar-refractivity contribution >= 4 is 6.03 Å². The van der Waals surface area contributed by atoms with Gasteiger partial charge >= 0.3 is 6.03 Å². The van der Waals surface area contributed by atoms with E-state index in [9.17, 15) is 4.79 Å². The van der Waals surface area contributed by atoms with Crippen molar-refractivity contribution in [1.82, 2.24) is 10.6 Å². The minimum Gasteiger partial charge on any atom is -0.473 e. The van der Waals surface area contributed by atoms with Gasteiger partial charge in [-0.2, -0.15) is 0 Å². The lowest BCUT2D eigenvalue weighted by molar-refractivity contribution is 0.224. The van der Waals surface area contributed by atoms with E-state index in [4.69, 9.17) is 4.74 Å². The van der Waals surface area contributed by atoms with Gasteiger partial charge in [-0.15, -0.1) is 0 Å². The lowest BCUT2D eigenvalue weighted by Gasteiger charge is -2.11. The first-order valence-electron chi connectivity index (χ1n) is 7.82. The molecule has 0 radical (unpaired) electrons. The predicted octanol–water partition coefficient (Wildman–Crippen LogP) is 3.49. The van der Waals surface area contributed by atoms with E-state index in [0.717, 1.165) is 12.2 Å². The first kappa shape index (κ1) is 16.9. The third-order valence-electron chi connectivity index (χ3n) is 3.89. The number of hydrogen-bond acceptors (Lipinski definition) is 2. The van der Waals surface area contributed by atoms with Gasteiger partial charge in [0.15, 0.2) is 6.73 Å². The van der Waals surface area contributed by atoms with Gasteiger partial charge in [-0.05, 0) is 61.6 Å². The average molecular weight is 312 g/mol. The minimum atomic E-state index is -0.220. The molecule has 2 rings (SSSR count). The SMILES string of the molecule is Cc1ccc(OCNC(=O)NCCc2ccccc2C)cc1C. The van der Waals surface area contributed by atoms with Gasteiger partial charge in [-0.3, -0.25) is 0 Å². The Morgan fingerprint density at radius 1 is 0.957 bits per heavy atom. The summed E-state index contributed by atoms with van der Waals surface area (Å²) >= 11 is 0. The summed E-state index contributed by atoms with van der Waals surface area (Å²) in [6.45, 7) is 6.92. The second kappa shape index (κ2) is 8.22. The average Bonchev–Trinajstić information content (AvgIpc) is 2.53. The molecule has 0 aromatic heterocycles. The van der Waals surface area contributed by atoms with E-state index in [2.05, 4.69) is 36.6 Å². The Kier molecular flexibility index (Phi) is 6.03. The smallest absolute Gasteiger partial charge is 0.317 e. The second-order valence-corrected chi connectivity index (χ2v) is 5.64. The number of ether oxygens (including phenoxy) is 1. The molecule has 2 aromatic carbocycles. The molecule has 4 nitrogen and oxygen atoms in total. The van der Waals surface area contributed by atoms with Crippen molar-refractivity contribution in [3.8, 4) is 5.75 Å². The largest absolute Gasteiger partial charge is 0.473 e. The molecular formula is C19H24N2O2. The van der Waals surface area contributed by atoms with Gasteiger partial charge in [0.1, 0.15) is 5.75 Å². The van der Waals surface area contributed by atoms with Crippen LogP contribution in [-0.4, -0.2) is 19.3 Å². The third kappa shape index (κ3) is 5.33. The molecular weight excluding hydrogens is 288 g/mol. The fourth-order valence-electron chi connectivity index (χ4n) is 2.25. The van der Waals surface area contributed by atoms with Gasteiger partial charge in [-0.1, -0.05) is 30.3 Å². The zero-order valence-electron chi connectivity index (χ0n) is 14.0. The molecule has 0 spiro atoms. The van der Waals surface area contributed by atoms with Crippen LogP contribution in [0.5, 0.6) is 5.75 Å². The van der Waals surface area contributed by atoms with Crippen LogP contribution >= 0.6 is 0 Å². The number of nitrogens with one attached hydrogen (secondary N) is 2. The molecule has 2 N–H and O–H groups in total. The fourth-order valence-corrected chi connectivity index (χ4v) is 2.25. The van der Waals surface area contributed by atoms with Crippen molar-refractivity contribution < 1.29 is 9.53 Å². The van der Waals surface area contributed by atoms with E-state index in [1.807, 2.05) is 37.3 Å². The number of aryl methyl sites for hydroxylation is 3. The van der Waals surface area contributed by atoms with E-state index in [0.29, 0.717) is 6.54 Å². The number of carbonyl (C=O) groups is 1. The molecule has 0 unspecified atom stereocenters. The van der Waals surface area contributed by atoms with Gasteiger partial charge < -0.3 is 15.4 Å². The summed E-state index contributed by atoms with van der Waals surface area (Å²) in [4.78, 5) is 11.7. The van der Waals surface area contributed by atoms with Gasteiger partial charge in [0.2, 0.25) is 0 Å². The van der Waals surface area contributed by atoms with Crippen LogP contribution in [0.15, 0.2) is 42.5 Å². The second-order valence-electron chi connectivity index (χ2n) is 5.64. The van der Waals surface area contributed by atoms with Crippen LogP contribution in [0, 0.1) is 20.8 Å². The van der Waals surface area contributed by atoms with Crippen LogP contribution in [0.3, 0.4) is 0 Å². The molecule has 0 heterocycles. The molecule has 0 bridgehead atoms. The van der Waals surface area contributed by atoms with E-state index in [1.165, 1.54) is 22.3 Å². The quantitative estimate of drug-likeness (QED) is 0.802. The Morgan fingerprint density at radius 3 is 2.48 bits per heavy atom. The number of amides is 2. The highest BCUT2D eigenvalue weighted by atomic mass is 16.5. The van der Waals surface area contributed by atoms with Crippen molar-refractivity contribution in [3.05, 3.63) is 64.7 Å². The zero-order valence-corrected chi connectivity index (χ0v) is 14.0. The summed E-state index contributed by atoms with van der Waals surface area (Å²) in [5.74, 6) is 0.758. The van der Waals surface area contributed by atoms with E-state index in [1.54, 1.807) is 0 Å². The minimum absolute atomic E-state index is 0.151. The van der Waals surface area contributed by atoms with Crippen LogP contribution in [0.2, 0.25) is 0 Å². The van der Waals surface area contributed by atoms with Crippen molar-refractivity contribution in [2.24, 2.45) is 0 Å². The summed E-state index contributed by atoms with van der Waals surface area (Å²) in [6.07, 6.45) is 0.818. The number of hydrogen-bond donors (Lipinski definition) is 2. The van der Waals surface area contributed by atoms with E-state index >= 15 is 0 Å². The third-order valence-corrected chi connectivity index (χ3v) is 3.89. The molecule has 4 heteroatoms. The maximum Gasteiger partial charge on any atom is 0.317 e. The Balaban J connectivity index is 1.67. The topological polar surface area (TPSA) is 50.4 Å². The highest BCUT2D eigenvalue weighted by Crippen LogP contribution is 2.15. The van der Waals surface area contributed by atoms with Gasteiger partial charge in [-0.25, -0.2) is 4.79 Å². The van der Waals surface area contributed by atoms with Gasteiger partial charge in [0.25, 0.3) is 0 Å². The fraction of sp³-hybridized carbons (Fsp3) is 0.316. The Morgan fingerprint density at radius 2 is 1.74 bits per heavy atom. The lowest BCUT2D eigenvalue weighted by Crippen LogP contribution is -2.38. The van der Waals surface area contributed by atoms with Gasteiger partial charge in [0, 0.05) is 6.54 Å². The molecule has 0 aliphatic carbocycles. The normalized spacial score (nSPS) is 10.2. The summed E-state index contributed by atoms with van der Waals surface area (Å²) in [5.41, 5.74) is 4.89. The number of urea groups is 1. The number of carbonyl (C=O) groups excluding carboxylic acids is 1. The van der Waals surface area contributed by atoms with Crippen molar-refractivity contribution in [2.45, 2.75) is 27.2 Å². The van der Waals surface area contributed by atoms with Crippen molar-refractivity contribution in [2.75, 3.05) is 13.3 Å². The van der Waals surface area contributed by atoms with Crippen LogP contribution in [0.1, 0.15) is 22.3 Å². The molecule has 23 heavy (non-hydrogen) atoms. The van der Waals surface area contributed by atoms with Crippen LogP contribution in [-0.2, 0) is 6.42 Å². The Bertz CT molecular complexity index is 668. The van der Waals surface area contributed by atoms with Crippen molar-refractivity contribution in [1.29, 1.82) is 0 Å². The van der Waals surface area contributed by atoms with E-state index in [-0.39, 0.29) is 12.8 Å². The standard InChI is InChI=1S/C19H24N2O2/c1-14-8-9-18(12-16(14)3)23-13-21-19(22)20-11-10-17-7-5-4-6-15(17)2/h4-9,12H,10-11,13H2,1-3H3,(H2,20,21,22). The lowest BCUT2D eigenvalue weighted by atomic mass is 10.1. The highest BCUT2D eigenvalue weighted by Gasteiger charge is 2.02. The van der Waals surface area contributed by atoms with Gasteiger partial charge in [0.05, 0.1) is 0 Å². The van der Waals surface area contributed by atoms with Crippen LogP contribution in [0.25, 0.3) is 0 Å². The van der Waals surface area contributed by atoms with Crippen LogP contribution in [0.4, 0.5) is 4.79 Å². The van der Waals surface area contributed by atoms with Crippen LogP contribution < -0.4 is 15.4 Å². The maximum atomic E-state index is 11.7. The molecule has 0 saturated heterocycles. The number of benzene rings is 2. The Labute approximate surface area is 137 Å². The Hall–Kier alpha value is -2.49. The predicted molar refractivity (Wildman–Crippen MR) is 92.8 cm³/mol. The molecule has 2 aromatic rings. The summed E-state index contributed by atoms with van der Waals surface area (Å²) in [7, 11) is 0. The summed E-state index contributed by atoms with van der Waals surface area (Å²) in [5, 5.41) is 5.53. The number of rotatable bonds is 6.